The third kappa shape index (κ3) is 2.20. The molecular weight excluding hydrogens is 225 g/mol. The van der Waals surface area contributed by atoms with Gasteiger partial charge < -0.3 is 10.8 Å². The van der Waals surface area contributed by atoms with Gasteiger partial charge in [0.2, 0.25) is 0 Å². The number of aryl methyl sites for hydroxylation is 1. The highest BCUT2D eigenvalue weighted by molar-refractivity contribution is 5.85. The van der Waals surface area contributed by atoms with Gasteiger partial charge in [-0.3, -0.25) is 4.68 Å². The van der Waals surface area contributed by atoms with Crippen molar-refractivity contribution in [2.45, 2.75) is 31.5 Å². The summed E-state index contributed by atoms with van der Waals surface area (Å²) < 4.78 is 1.76. The number of aliphatic hydroxyl groups excluding tert-OH is 1. The zero-order chi connectivity index (χ0) is 8.72. The Bertz CT molecular complexity index is 284. The Morgan fingerprint density at radius 2 is 2.21 bits per heavy atom. The highest BCUT2D eigenvalue weighted by Crippen LogP contribution is 2.30. The smallest absolute Gasteiger partial charge is 0.0930 e. The van der Waals surface area contributed by atoms with Crippen LogP contribution in [0, 0.1) is 6.92 Å². The van der Waals surface area contributed by atoms with Crippen LogP contribution in [0.15, 0.2) is 12.4 Å². The lowest BCUT2D eigenvalue weighted by Crippen LogP contribution is -2.52. The van der Waals surface area contributed by atoms with Crippen molar-refractivity contribution in [3.05, 3.63) is 18.0 Å². The van der Waals surface area contributed by atoms with Crippen molar-refractivity contribution in [1.29, 1.82) is 0 Å². The zero-order valence-electron chi connectivity index (χ0n) is 7.83. The number of aliphatic hydroxyl groups is 1. The number of hydrogen-bond donors (Lipinski definition) is 2. The quantitative estimate of drug-likeness (QED) is 0.758. The molecule has 0 amide bonds. The number of rotatable bonds is 1. The van der Waals surface area contributed by atoms with Gasteiger partial charge in [-0.25, -0.2) is 0 Å². The van der Waals surface area contributed by atoms with Gasteiger partial charge in [0.05, 0.1) is 18.3 Å². The average Bonchev–Trinajstić information content (AvgIpc) is 2.35. The van der Waals surface area contributed by atoms with Gasteiger partial charge in [-0.2, -0.15) is 5.10 Å². The molecule has 2 rings (SSSR count). The maximum atomic E-state index is 9.40. The Labute approximate surface area is 95.3 Å². The lowest BCUT2D eigenvalue weighted by molar-refractivity contribution is 0.00634. The molecule has 1 saturated carbocycles. The second kappa shape index (κ2) is 4.98. The molecule has 1 aliphatic rings. The maximum Gasteiger partial charge on any atom is 0.0930 e. The normalized spacial score (nSPS) is 29.8. The molecule has 1 heterocycles. The number of nitrogens with zero attached hydrogens (tertiary/aromatic N) is 2. The second-order valence-corrected chi connectivity index (χ2v) is 3.46. The molecule has 3 atom stereocenters. The molecule has 1 aromatic heterocycles. The van der Waals surface area contributed by atoms with Gasteiger partial charge in [-0.1, -0.05) is 0 Å². The third-order valence-electron chi connectivity index (χ3n) is 2.38. The van der Waals surface area contributed by atoms with Gasteiger partial charge in [0, 0.05) is 12.2 Å². The first-order valence-corrected chi connectivity index (χ1v) is 4.13. The average molecular weight is 240 g/mol. The molecule has 3 N–H and O–H groups in total. The van der Waals surface area contributed by atoms with Crippen LogP contribution in [0.3, 0.4) is 0 Å². The molecule has 0 spiro atoms. The van der Waals surface area contributed by atoms with E-state index < -0.39 is 0 Å². The van der Waals surface area contributed by atoms with Crippen LogP contribution in [-0.2, 0) is 0 Å². The highest BCUT2D eigenvalue weighted by Gasteiger charge is 2.39. The predicted octanol–water partition coefficient (Wildman–Crippen LogP) is 0.668. The number of aromatic nitrogens is 2. The first-order chi connectivity index (χ1) is 5.68. The Hall–Kier alpha value is -0.290. The second-order valence-electron chi connectivity index (χ2n) is 3.46. The van der Waals surface area contributed by atoms with Gasteiger partial charge >= 0.3 is 0 Å². The third-order valence-corrected chi connectivity index (χ3v) is 2.38. The Balaban J connectivity index is 0.000000845. The van der Waals surface area contributed by atoms with Crippen molar-refractivity contribution in [2.75, 3.05) is 0 Å². The fraction of sp³-hybridized carbons (Fsp3) is 0.625. The van der Waals surface area contributed by atoms with Crippen molar-refractivity contribution in [2.24, 2.45) is 5.73 Å². The minimum atomic E-state index is -0.320. The molecule has 1 aromatic rings. The van der Waals surface area contributed by atoms with Crippen LogP contribution in [0.1, 0.15) is 18.0 Å². The Kier molecular flexibility index (Phi) is 4.88. The monoisotopic (exact) mass is 239 g/mol. The molecule has 3 unspecified atom stereocenters. The molecule has 0 aliphatic heterocycles. The first-order valence-electron chi connectivity index (χ1n) is 4.13. The van der Waals surface area contributed by atoms with Gasteiger partial charge in [0.15, 0.2) is 0 Å². The van der Waals surface area contributed by atoms with Crippen LogP contribution >= 0.6 is 24.8 Å². The summed E-state index contributed by atoms with van der Waals surface area (Å²) in [6.45, 7) is 1.97. The van der Waals surface area contributed by atoms with E-state index in [4.69, 9.17) is 5.73 Å². The molecule has 82 valence electrons. The fourth-order valence-electron chi connectivity index (χ4n) is 1.62. The summed E-state index contributed by atoms with van der Waals surface area (Å²) in [5, 5.41) is 13.5. The van der Waals surface area contributed by atoms with Crippen LogP contribution < -0.4 is 5.73 Å². The number of nitrogens with two attached hydrogens (primary N) is 1. The first kappa shape index (κ1) is 13.7. The molecule has 0 saturated heterocycles. The van der Waals surface area contributed by atoms with Gasteiger partial charge in [-0.05, 0) is 18.9 Å². The van der Waals surface area contributed by atoms with Crippen molar-refractivity contribution < 1.29 is 5.11 Å². The van der Waals surface area contributed by atoms with Crippen LogP contribution in [0.25, 0.3) is 0 Å². The van der Waals surface area contributed by atoms with E-state index in [0.717, 1.165) is 5.56 Å². The zero-order valence-corrected chi connectivity index (χ0v) is 9.46. The summed E-state index contributed by atoms with van der Waals surface area (Å²) in [5.74, 6) is 0. The molecule has 1 aliphatic carbocycles. The largest absolute Gasteiger partial charge is 0.391 e. The van der Waals surface area contributed by atoms with Crippen LogP contribution in [0.4, 0.5) is 0 Å². The minimum absolute atomic E-state index is 0. The molecular formula is C8H15Cl2N3O. The van der Waals surface area contributed by atoms with E-state index in [0.29, 0.717) is 6.42 Å². The van der Waals surface area contributed by atoms with Crippen molar-refractivity contribution in [3.8, 4) is 0 Å². The molecule has 6 heteroatoms. The van der Waals surface area contributed by atoms with E-state index in [1.165, 1.54) is 0 Å². The summed E-state index contributed by atoms with van der Waals surface area (Å²) in [6, 6.07) is 0.0398. The van der Waals surface area contributed by atoms with E-state index in [9.17, 15) is 5.11 Å². The van der Waals surface area contributed by atoms with Gasteiger partial charge in [0.25, 0.3) is 0 Å². The fourth-order valence-corrected chi connectivity index (χ4v) is 1.62. The maximum absolute atomic E-state index is 9.40. The van der Waals surface area contributed by atoms with Crippen molar-refractivity contribution in [1.82, 2.24) is 9.78 Å². The van der Waals surface area contributed by atoms with Crippen LogP contribution in [0.5, 0.6) is 0 Å². The van der Waals surface area contributed by atoms with Crippen molar-refractivity contribution >= 4 is 24.8 Å². The van der Waals surface area contributed by atoms with E-state index in [1.54, 1.807) is 10.9 Å². The number of hydrogen-bond acceptors (Lipinski definition) is 3. The van der Waals surface area contributed by atoms with Crippen LogP contribution in [0.2, 0.25) is 0 Å². The molecule has 1 fully saturated rings. The van der Waals surface area contributed by atoms with E-state index >= 15 is 0 Å². The summed E-state index contributed by atoms with van der Waals surface area (Å²) >= 11 is 0. The van der Waals surface area contributed by atoms with E-state index in [-0.39, 0.29) is 43.0 Å². The lowest BCUT2D eigenvalue weighted by Gasteiger charge is -2.39. The van der Waals surface area contributed by atoms with Gasteiger partial charge in [0.1, 0.15) is 0 Å². The predicted molar refractivity (Wildman–Crippen MR) is 59.1 cm³/mol. The molecule has 14 heavy (non-hydrogen) atoms. The standard InChI is InChI=1S/C8H13N3O.2ClH/c1-5-3-10-11(4-5)8-6(9)2-7(8)12;;/h3-4,6-8,12H,2,9H2,1H3;2*1H. The van der Waals surface area contributed by atoms with E-state index in [2.05, 4.69) is 5.10 Å². The Morgan fingerprint density at radius 1 is 1.57 bits per heavy atom. The summed E-state index contributed by atoms with van der Waals surface area (Å²) in [5.41, 5.74) is 6.83. The van der Waals surface area contributed by atoms with Gasteiger partial charge in [-0.15, -0.1) is 24.8 Å². The summed E-state index contributed by atoms with van der Waals surface area (Å²) in [6.07, 6.45) is 4.05. The summed E-state index contributed by atoms with van der Waals surface area (Å²) in [7, 11) is 0. The highest BCUT2D eigenvalue weighted by atomic mass is 35.5. The van der Waals surface area contributed by atoms with E-state index in [1.807, 2.05) is 13.1 Å². The number of halogens is 2. The molecule has 0 aromatic carbocycles. The molecule has 0 radical (unpaired) electrons. The SMILES string of the molecule is Cc1cnn(C2C(N)CC2O)c1.Cl.Cl. The molecule has 4 nitrogen and oxygen atoms in total. The minimum Gasteiger partial charge on any atom is -0.391 e. The molecule has 0 bridgehead atoms. The van der Waals surface area contributed by atoms with Crippen LogP contribution in [-0.4, -0.2) is 27.0 Å². The topological polar surface area (TPSA) is 64.1 Å². The lowest BCUT2D eigenvalue weighted by atomic mass is 9.84. The Morgan fingerprint density at radius 3 is 2.57 bits per heavy atom. The van der Waals surface area contributed by atoms with Crippen molar-refractivity contribution in [3.63, 3.8) is 0 Å². The summed E-state index contributed by atoms with van der Waals surface area (Å²) in [4.78, 5) is 0.